The first-order chi connectivity index (χ1) is 34.1. The molecule has 1 fully saturated rings. The summed E-state index contributed by atoms with van der Waals surface area (Å²) in [6.07, 6.45) is 75.7. The van der Waals surface area contributed by atoms with Gasteiger partial charge in [-0.1, -0.05) is 314 Å². The SMILES string of the molecule is CCCCCCCCCCCCCCCCCCCCCCCC/C=C/CCCCCCCCCCCCCCCCCCCCCCCCCCCCC1CC(=O)OCC(CO)(CO)COC1=O. The molecule has 0 saturated carbocycles. The van der Waals surface area contributed by atoms with Crippen LogP contribution in [0.5, 0.6) is 0 Å². The average molecular weight is 974 g/mol. The maximum absolute atomic E-state index is 12.5. The predicted molar refractivity (Wildman–Crippen MR) is 297 cm³/mol. The summed E-state index contributed by atoms with van der Waals surface area (Å²) in [5.74, 6) is -1.40. The third-order valence-electron chi connectivity index (χ3n) is 15.5. The largest absolute Gasteiger partial charge is 0.465 e. The Bertz CT molecular complexity index is 1090. The first-order valence-corrected chi connectivity index (χ1v) is 31.3. The normalized spacial score (nSPS) is 15.4. The summed E-state index contributed by atoms with van der Waals surface area (Å²) in [6, 6.07) is 0. The van der Waals surface area contributed by atoms with Gasteiger partial charge in [-0.25, -0.2) is 0 Å². The second-order valence-electron chi connectivity index (χ2n) is 22.4. The Morgan fingerprint density at radius 3 is 0.899 bits per heavy atom. The van der Waals surface area contributed by atoms with Crippen LogP contribution >= 0.6 is 0 Å². The highest BCUT2D eigenvalue weighted by atomic mass is 16.6. The average Bonchev–Trinajstić information content (AvgIpc) is 3.41. The number of carbonyl (C=O) groups excluding carboxylic acids is 2. The molecule has 1 saturated heterocycles. The van der Waals surface area contributed by atoms with E-state index in [4.69, 9.17) is 9.47 Å². The third kappa shape index (κ3) is 45.0. The minimum atomic E-state index is -1.12. The maximum atomic E-state index is 12.5. The molecular weight excluding hydrogens is 853 g/mol. The lowest BCUT2D eigenvalue weighted by Crippen LogP contribution is -2.40. The van der Waals surface area contributed by atoms with Gasteiger partial charge in [-0.15, -0.1) is 0 Å². The van der Waals surface area contributed by atoms with Crippen molar-refractivity contribution in [3.63, 3.8) is 0 Å². The molecule has 0 radical (unpaired) electrons. The molecule has 1 unspecified atom stereocenters. The lowest BCUT2D eigenvalue weighted by atomic mass is 9.92. The van der Waals surface area contributed by atoms with Gasteiger partial charge < -0.3 is 19.7 Å². The zero-order chi connectivity index (χ0) is 49.7. The van der Waals surface area contributed by atoms with Crippen molar-refractivity contribution in [3.05, 3.63) is 12.2 Å². The summed E-state index contributed by atoms with van der Waals surface area (Å²) in [4.78, 5) is 24.7. The number of carbonyl (C=O) groups is 2. The van der Waals surface area contributed by atoms with Crippen LogP contribution in [0.15, 0.2) is 12.2 Å². The number of esters is 2. The fourth-order valence-corrected chi connectivity index (χ4v) is 10.4. The molecule has 1 heterocycles. The molecular formula is C63H120O6. The van der Waals surface area contributed by atoms with Crippen LogP contribution in [-0.4, -0.2) is 48.6 Å². The molecule has 0 amide bonds. The molecule has 69 heavy (non-hydrogen) atoms. The van der Waals surface area contributed by atoms with E-state index in [1.165, 1.54) is 302 Å². The summed E-state index contributed by atoms with van der Waals surface area (Å²) in [5.41, 5.74) is -1.12. The van der Waals surface area contributed by atoms with Gasteiger partial charge in [-0.2, -0.15) is 0 Å². The van der Waals surface area contributed by atoms with E-state index in [1.54, 1.807) is 0 Å². The van der Waals surface area contributed by atoms with Crippen molar-refractivity contribution in [1.82, 2.24) is 0 Å². The maximum Gasteiger partial charge on any atom is 0.309 e. The van der Waals surface area contributed by atoms with Crippen LogP contribution in [0.25, 0.3) is 0 Å². The van der Waals surface area contributed by atoms with Crippen molar-refractivity contribution in [2.45, 2.75) is 341 Å². The fraction of sp³-hybridized carbons (Fsp3) is 0.937. The van der Waals surface area contributed by atoms with E-state index in [0.717, 1.165) is 19.3 Å². The molecule has 1 aliphatic rings. The van der Waals surface area contributed by atoms with Crippen molar-refractivity contribution in [3.8, 4) is 0 Å². The molecule has 408 valence electrons. The Balaban J connectivity index is 1.69. The zero-order valence-corrected chi connectivity index (χ0v) is 46.4. The lowest BCUT2D eigenvalue weighted by Gasteiger charge is -2.27. The second-order valence-corrected chi connectivity index (χ2v) is 22.4. The van der Waals surface area contributed by atoms with Crippen LogP contribution in [0, 0.1) is 11.3 Å². The highest BCUT2D eigenvalue weighted by Gasteiger charge is 2.36. The molecule has 6 heteroatoms. The Morgan fingerprint density at radius 2 is 0.623 bits per heavy atom. The van der Waals surface area contributed by atoms with E-state index in [1.807, 2.05) is 0 Å². The summed E-state index contributed by atoms with van der Waals surface area (Å²) >= 11 is 0. The zero-order valence-electron chi connectivity index (χ0n) is 46.4. The Labute approximate surface area is 430 Å². The number of ether oxygens (including phenoxy) is 2. The van der Waals surface area contributed by atoms with Gasteiger partial charge in [0.2, 0.25) is 0 Å². The van der Waals surface area contributed by atoms with Gasteiger partial charge >= 0.3 is 11.9 Å². The molecule has 0 aromatic carbocycles. The van der Waals surface area contributed by atoms with Gasteiger partial charge in [0.15, 0.2) is 0 Å². The summed E-state index contributed by atoms with van der Waals surface area (Å²) in [7, 11) is 0. The molecule has 1 rings (SSSR count). The molecule has 2 N–H and O–H groups in total. The summed E-state index contributed by atoms with van der Waals surface area (Å²) in [6.45, 7) is 1.21. The highest BCUT2D eigenvalue weighted by Crippen LogP contribution is 2.25. The van der Waals surface area contributed by atoms with Crippen molar-refractivity contribution in [2.24, 2.45) is 11.3 Å². The molecule has 6 nitrogen and oxygen atoms in total. The monoisotopic (exact) mass is 973 g/mol. The number of hydrogen-bond acceptors (Lipinski definition) is 6. The predicted octanol–water partition coefficient (Wildman–Crippen LogP) is 19.5. The van der Waals surface area contributed by atoms with E-state index in [9.17, 15) is 19.8 Å². The summed E-state index contributed by atoms with van der Waals surface area (Å²) in [5, 5.41) is 19.2. The Kier molecular flexibility index (Phi) is 50.3. The first kappa shape index (κ1) is 65.6. The fourth-order valence-electron chi connectivity index (χ4n) is 10.4. The minimum Gasteiger partial charge on any atom is -0.465 e. The molecule has 0 aromatic rings. The minimum absolute atomic E-state index is 0.00456. The molecule has 1 aliphatic heterocycles. The van der Waals surface area contributed by atoms with Crippen LogP contribution in [0.1, 0.15) is 341 Å². The van der Waals surface area contributed by atoms with Crippen LogP contribution in [-0.2, 0) is 19.1 Å². The molecule has 0 spiro atoms. The smallest absolute Gasteiger partial charge is 0.309 e. The highest BCUT2D eigenvalue weighted by molar-refractivity contribution is 5.80. The van der Waals surface area contributed by atoms with Crippen molar-refractivity contribution in [2.75, 3.05) is 26.4 Å². The van der Waals surface area contributed by atoms with Crippen LogP contribution < -0.4 is 0 Å². The van der Waals surface area contributed by atoms with Crippen LogP contribution in [0.4, 0.5) is 0 Å². The number of hydrogen-bond donors (Lipinski definition) is 2. The second kappa shape index (κ2) is 52.9. The van der Waals surface area contributed by atoms with Gasteiger partial charge in [-0.05, 0) is 32.1 Å². The third-order valence-corrected chi connectivity index (χ3v) is 15.5. The van der Waals surface area contributed by atoms with Crippen LogP contribution in [0.3, 0.4) is 0 Å². The van der Waals surface area contributed by atoms with Gasteiger partial charge in [0, 0.05) is 0 Å². The van der Waals surface area contributed by atoms with E-state index in [0.29, 0.717) is 6.42 Å². The van der Waals surface area contributed by atoms with Crippen molar-refractivity contribution >= 4 is 11.9 Å². The van der Waals surface area contributed by atoms with Crippen LogP contribution in [0.2, 0.25) is 0 Å². The van der Waals surface area contributed by atoms with E-state index < -0.39 is 36.5 Å². The molecule has 1 atom stereocenters. The quantitative estimate of drug-likeness (QED) is 0.0358. The molecule has 0 aliphatic carbocycles. The lowest BCUT2D eigenvalue weighted by molar-refractivity contribution is -0.155. The van der Waals surface area contributed by atoms with Gasteiger partial charge in [0.05, 0.1) is 31.0 Å². The standard InChI is InChI=1S/C63H120O6/c1-2-3-4-5-6-7-8-9-10-11-12-13-14-15-16-17-18-19-20-21-22-23-24-25-26-27-28-29-30-31-32-33-34-35-36-37-38-39-40-41-42-43-44-45-46-47-48-49-50-51-52-53-54-60-55-61(66)68-58-63(56-64,57-65)59-69-62(60)67/h25-26,60,64-65H,2-24,27-59H2,1H3/b26-25+. The van der Waals surface area contributed by atoms with E-state index in [2.05, 4.69) is 19.1 Å². The Hall–Kier alpha value is -1.40. The first-order valence-electron chi connectivity index (χ1n) is 31.3. The number of cyclic esters (lactones) is 2. The van der Waals surface area contributed by atoms with Gasteiger partial charge in [0.1, 0.15) is 13.2 Å². The van der Waals surface area contributed by atoms with Gasteiger partial charge in [-0.3, -0.25) is 9.59 Å². The van der Waals surface area contributed by atoms with Crippen molar-refractivity contribution in [1.29, 1.82) is 0 Å². The number of aliphatic hydroxyl groups is 2. The molecule has 0 bridgehead atoms. The van der Waals surface area contributed by atoms with E-state index >= 15 is 0 Å². The number of aliphatic hydroxyl groups excluding tert-OH is 2. The Morgan fingerprint density at radius 1 is 0.377 bits per heavy atom. The number of unbranched alkanes of at least 4 members (excludes halogenated alkanes) is 48. The molecule has 0 aromatic heterocycles. The van der Waals surface area contributed by atoms with Crippen molar-refractivity contribution < 1.29 is 29.3 Å². The number of allylic oxidation sites excluding steroid dienone is 2. The van der Waals surface area contributed by atoms with Gasteiger partial charge in [0.25, 0.3) is 0 Å². The van der Waals surface area contributed by atoms with E-state index in [-0.39, 0.29) is 19.6 Å². The topological polar surface area (TPSA) is 93.1 Å². The summed E-state index contributed by atoms with van der Waals surface area (Å²) < 4.78 is 10.6. The number of rotatable bonds is 54.